The lowest BCUT2D eigenvalue weighted by Crippen LogP contribution is -2.52. The van der Waals surface area contributed by atoms with Gasteiger partial charge in [-0.1, -0.05) is 0 Å². The van der Waals surface area contributed by atoms with Crippen LogP contribution in [-0.4, -0.2) is 73.8 Å². The third kappa shape index (κ3) is 6.71. The van der Waals surface area contributed by atoms with Crippen LogP contribution in [0.15, 0.2) is 16.4 Å². The number of likely N-dealkylation sites (tertiary alicyclic amines) is 1. The first-order chi connectivity index (χ1) is 13.6. The second-order valence-corrected chi connectivity index (χ2v) is 8.50. The van der Waals surface area contributed by atoms with E-state index in [4.69, 9.17) is 4.74 Å². The minimum absolute atomic E-state index is 0. The van der Waals surface area contributed by atoms with Gasteiger partial charge in [0.2, 0.25) is 0 Å². The maximum atomic E-state index is 11.8. The first-order valence-electron chi connectivity index (χ1n) is 10.3. The van der Waals surface area contributed by atoms with Gasteiger partial charge in [0, 0.05) is 56.7 Å². The van der Waals surface area contributed by atoms with Crippen LogP contribution in [0.3, 0.4) is 0 Å². The van der Waals surface area contributed by atoms with E-state index in [0.29, 0.717) is 18.7 Å². The summed E-state index contributed by atoms with van der Waals surface area (Å²) in [4.78, 5) is 22.1. The summed E-state index contributed by atoms with van der Waals surface area (Å²) in [5.74, 6) is 0.842. The number of nitrogens with zero attached hydrogens (tertiary/aromatic N) is 3. The summed E-state index contributed by atoms with van der Waals surface area (Å²) in [6, 6.07) is 3.03. The molecule has 0 radical (unpaired) electrons. The number of aliphatic imine (C=N–C) groups is 1. The summed E-state index contributed by atoms with van der Waals surface area (Å²) in [7, 11) is 1.81. The van der Waals surface area contributed by atoms with Crippen molar-refractivity contribution in [3.05, 3.63) is 21.9 Å². The van der Waals surface area contributed by atoms with Crippen LogP contribution < -0.4 is 10.6 Å². The number of hydrogen-bond acceptors (Lipinski definition) is 5. The molecule has 164 valence electrons. The molecule has 0 bridgehead atoms. The molecular formula is C20H34IN5O2S. The molecule has 2 aliphatic rings. The molecule has 1 fully saturated rings. The second-order valence-electron chi connectivity index (χ2n) is 7.50. The Morgan fingerprint density at radius 2 is 2.14 bits per heavy atom. The second kappa shape index (κ2) is 11.9. The van der Waals surface area contributed by atoms with Crippen LogP contribution >= 0.6 is 35.3 Å². The number of nitrogens with one attached hydrogen (secondary N) is 2. The third-order valence-electron chi connectivity index (χ3n) is 5.61. The fourth-order valence-electron chi connectivity index (χ4n) is 3.83. The van der Waals surface area contributed by atoms with Crippen molar-refractivity contribution in [3.8, 4) is 0 Å². The van der Waals surface area contributed by atoms with Gasteiger partial charge in [0.25, 0.3) is 0 Å². The van der Waals surface area contributed by atoms with Crippen molar-refractivity contribution in [2.45, 2.75) is 51.7 Å². The van der Waals surface area contributed by atoms with Crippen molar-refractivity contribution in [2.24, 2.45) is 4.99 Å². The summed E-state index contributed by atoms with van der Waals surface area (Å²) in [5.41, 5.74) is 1.49. The van der Waals surface area contributed by atoms with Gasteiger partial charge in [-0.3, -0.25) is 9.89 Å². The predicted molar refractivity (Wildman–Crippen MR) is 129 cm³/mol. The van der Waals surface area contributed by atoms with E-state index in [0.717, 1.165) is 57.9 Å². The van der Waals surface area contributed by atoms with Crippen LogP contribution in [0.2, 0.25) is 0 Å². The van der Waals surface area contributed by atoms with Crippen molar-refractivity contribution in [2.75, 3.05) is 39.8 Å². The van der Waals surface area contributed by atoms with Crippen LogP contribution in [0, 0.1) is 0 Å². The van der Waals surface area contributed by atoms with Crippen LogP contribution in [0.25, 0.3) is 0 Å². The highest BCUT2D eigenvalue weighted by Gasteiger charge is 2.25. The number of carbonyl (C=O) groups excluding carboxylic acids is 1. The number of thiophene rings is 1. The van der Waals surface area contributed by atoms with Crippen molar-refractivity contribution in [1.29, 1.82) is 0 Å². The largest absolute Gasteiger partial charge is 0.450 e. The SMILES string of the molecule is CCOC(=O)N1CCC(NC(=NC)NCC(C)N2CCc3sccc3C2)CC1.I. The Bertz CT molecular complexity index is 676. The fourth-order valence-corrected chi connectivity index (χ4v) is 4.72. The third-order valence-corrected chi connectivity index (χ3v) is 6.63. The molecule has 0 aromatic carbocycles. The van der Waals surface area contributed by atoms with Crippen molar-refractivity contribution < 1.29 is 9.53 Å². The van der Waals surface area contributed by atoms with Crippen LogP contribution in [0.1, 0.15) is 37.1 Å². The minimum atomic E-state index is -0.201. The average Bonchev–Trinajstić information content (AvgIpc) is 3.19. The number of ether oxygens (including phenoxy) is 1. The highest BCUT2D eigenvalue weighted by molar-refractivity contribution is 14.0. The lowest BCUT2D eigenvalue weighted by atomic mass is 10.1. The number of piperidine rings is 1. The molecule has 29 heavy (non-hydrogen) atoms. The van der Waals surface area contributed by atoms with Crippen molar-refractivity contribution in [1.82, 2.24) is 20.4 Å². The van der Waals surface area contributed by atoms with Gasteiger partial charge >= 0.3 is 6.09 Å². The number of rotatable bonds is 5. The van der Waals surface area contributed by atoms with Gasteiger partial charge in [-0.05, 0) is 50.1 Å². The molecule has 3 rings (SSSR count). The van der Waals surface area contributed by atoms with Gasteiger partial charge in [-0.2, -0.15) is 0 Å². The highest BCUT2D eigenvalue weighted by Crippen LogP contribution is 2.24. The minimum Gasteiger partial charge on any atom is -0.450 e. The molecule has 1 atom stereocenters. The molecular weight excluding hydrogens is 501 g/mol. The van der Waals surface area contributed by atoms with E-state index >= 15 is 0 Å². The van der Waals surface area contributed by atoms with E-state index in [9.17, 15) is 4.79 Å². The summed E-state index contributed by atoms with van der Waals surface area (Å²) >= 11 is 1.88. The lowest BCUT2D eigenvalue weighted by molar-refractivity contribution is 0.0963. The summed E-state index contributed by atoms with van der Waals surface area (Å²) in [6.07, 6.45) is 2.76. The maximum Gasteiger partial charge on any atom is 0.409 e. The van der Waals surface area contributed by atoms with E-state index in [-0.39, 0.29) is 30.1 Å². The van der Waals surface area contributed by atoms with Crippen LogP contribution in [0.5, 0.6) is 0 Å². The first kappa shape index (κ1) is 24.2. The fraction of sp³-hybridized carbons (Fsp3) is 0.700. The average molecular weight is 535 g/mol. The van der Waals surface area contributed by atoms with Crippen LogP contribution in [0.4, 0.5) is 4.79 Å². The monoisotopic (exact) mass is 535 g/mol. The Labute approximate surface area is 195 Å². The Morgan fingerprint density at radius 1 is 1.38 bits per heavy atom. The van der Waals surface area contributed by atoms with Gasteiger partial charge in [0.05, 0.1) is 6.61 Å². The Balaban J connectivity index is 0.00000300. The number of fused-ring (bicyclic) bond motifs is 1. The van der Waals surface area contributed by atoms with Gasteiger partial charge < -0.3 is 20.3 Å². The molecule has 0 saturated carbocycles. The molecule has 9 heteroatoms. The van der Waals surface area contributed by atoms with Gasteiger partial charge in [0.15, 0.2) is 5.96 Å². The predicted octanol–water partition coefficient (Wildman–Crippen LogP) is 2.90. The molecule has 3 heterocycles. The normalized spacial score (nSPS) is 19.1. The molecule has 0 aliphatic carbocycles. The Kier molecular flexibility index (Phi) is 9.97. The number of halogens is 1. The molecule has 1 unspecified atom stereocenters. The van der Waals surface area contributed by atoms with Gasteiger partial charge in [-0.25, -0.2) is 4.79 Å². The Hall–Kier alpha value is -1.07. The zero-order valence-electron chi connectivity index (χ0n) is 17.6. The zero-order chi connectivity index (χ0) is 19.9. The smallest absolute Gasteiger partial charge is 0.409 e. The molecule has 7 nitrogen and oxygen atoms in total. The van der Waals surface area contributed by atoms with E-state index in [2.05, 4.69) is 38.9 Å². The summed E-state index contributed by atoms with van der Waals surface area (Å²) in [5, 5.41) is 9.20. The van der Waals surface area contributed by atoms with E-state index in [1.807, 2.05) is 25.3 Å². The van der Waals surface area contributed by atoms with Crippen molar-refractivity contribution in [3.63, 3.8) is 0 Å². The number of amides is 1. The summed E-state index contributed by atoms with van der Waals surface area (Å²) in [6.45, 7) is 9.01. The summed E-state index contributed by atoms with van der Waals surface area (Å²) < 4.78 is 5.08. The topological polar surface area (TPSA) is 69.2 Å². The molecule has 1 amide bonds. The standard InChI is InChI=1S/C20H33N5O2S.HI/c1-4-27-20(26)24-9-5-17(6-10-24)23-19(21-3)22-13-15(2)25-11-7-18-16(14-25)8-12-28-18;/h8,12,15,17H,4-7,9-11,13-14H2,1-3H3,(H2,21,22,23);1H. The van der Waals surface area contributed by atoms with Gasteiger partial charge in [0.1, 0.15) is 0 Å². The van der Waals surface area contributed by atoms with Crippen LogP contribution in [-0.2, 0) is 17.7 Å². The number of carbonyl (C=O) groups is 1. The first-order valence-corrected chi connectivity index (χ1v) is 11.2. The van der Waals surface area contributed by atoms with E-state index in [1.165, 1.54) is 5.56 Å². The highest BCUT2D eigenvalue weighted by atomic mass is 127. The molecule has 0 spiro atoms. The number of hydrogen-bond donors (Lipinski definition) is 2. The molecule has 1 aromatic rings. The van der Waals surface area contributed by atoms with Crippen molar-refractivity contribution >= 4 is 47.4 Å². The van der Waals surface area contributed by atoms with E-state index in [1.54, 1.807) is 9.78 Å². The quantitative estimate of drug-likeness (QED) is 0.345. The molecule has 2 N–H and O–H groups in total. The molecule has 1 aromatic heterocycles. The number of guanidine groups is 1. The molecule has 2 aliphatic heterocycles. The van der Waals surface area contributed by atoms with Gasteiger partial charge in [-0.15, -0.1) is 35.3 Å². The lowest BCUT2D eigenvalue weighted by Gasteiger charge is -2.34. The zero-order valence-corrected chi connectivity index (χ0v) is 20.8. The molecule has 1 saturated heterocycles. The van der Waals surface area contributed by atoms with E-state index < -0.39 is 0 Å². The maximum absolute atomic E-state index is 11.8. The Morgan fingerprint density at radius 3 is 2.83 bits per heavy atom.